The Labute approximate surface area is 332 Å². The molecule has 10 heteroatoms. The van der Waals surface area contributed by atoms with E-state index < -0.39 is 0 Å². The van der Waals surface area contributed by atoms with Crippen LogP contribution in [0, 0.1) is 39.4 Å². The highest BCUT2D eigenvalue weighted by atomic mass is 17.0. The third kappa shape index (κ3) is 7.87. The predicted octanol–water partition coefficient (Wildman–Crippen LogP) is 9.96. The number of phenolic OH excluding ortho intramolecular Hbond substituents is 4. The highest BCUT2D eigenvalue weighted by molar-refractivity contribution is 5.87. The number of carbonyl (C=O) groups excluding carboxylic acids is 2. The molecule has 0 unspecified atom stereocenters. The summed E-state index contributed by atoms with van der Waals surface area (Å²) in [6.07, 6.45) is 8.80. The Morgan fingerprint density at radius 2 is 0.946 bits per heavy atom. The lowest BCUT2D eigenvalue weighted by Gasteiger charge is -2.59. The standard InChI is InChI=1S/C46H65NO9/c1-43(2,27-19-37(50)41(38(51)20-27)29-23-35(48)33-25-31(29)45(33,5)6)15-11-9-13-17-55-47(54)56-18-14-10-12-16-44(3,4)28-21-39(52)42(40(53)22-28)30-24-36(49)34-26-32(30)46(34,7)8/h19-22,29-34H,9-18,23-26H2,1-8H3,(H3-,50,51,52,53)/p+1/t29-,30-,31+,32+,33+,34+/m1/s1. The molecule has 8 rings (SSSR count). The van der Waals surface area contributed by atoms with E-state index in [0.717, 1.165) is 62.5 Å². The van der Waals surface area contributed by atoms with Crippen LogP contribution < -0.4 is 0 Å². The zero-order valence-electron chi connectivity index (χ0n) is 35.0. The summed E-state index contributed by atoms with van der Waals surface area (Å²) in [6.45, 7) is 17.3. The van der Waals surface area contributed by atoms with Crippen molar-refractivity contribution in [3.63, 3.8) is 0 Å². The van der Waals surface area contributed by atoms with E-state index in [9.17, 15) is 34.9 Å². The molecule has 0 spiro atoms. The molecule has 6 aliphatic carbocycles. The number of hydrogen-bond acceptors (Lipinski definition) is 9. The van der Waals surface area contributed by atoms with Crippen molar-refractivity contribution >= 4 is 11.6 Å². The quantitative estimate of drug-likeness (QED) is 0.0856. The molecule has 4 N–H and O–H groups in total. The number of unbranched alkanes of at least 4 members (excludes halogenated alkanes) is 4. The van der Waals surface area contributed by atoms with E-state index >= 15 is 0 Å². The van der Waals surface area contributed by atoms with E-state index in [1.165, 1.54) is 0 Å². The van der Waals surface area contributed by atoms with Gasteiger partial charge < -0.3 is 20.4 Å². The van der Waals surface area contributed by atoms with Crippen molar-refractivity contribution in [3.8, 4) is 23.0 Å². The second-order valence-electron chi connectivity index (χ2n) is 20.1. The number of benzene rings is 2. The van der Waals surface area contributed by atoms with Gasteiger partial charge in [-0.3, -0.25) is 9.59 Å². The van der Waals surface area contributed by atoms with Crippen molar-refractivity contribution in [3.05, 3.63) is 51.4 Å². The largest absolute Gasteiger partial charge is 0.508 e. The monoisotopic (exact) mass is 776 g/mol. The van der Waals surface area contributed by atoms with Gasteiger partial charge in [-0.05, 0) is 120 Å². The minimum atomic E-state index is -0.302. The zero-order chi connectivity index (χ0) is 41.0. The third-order valence-corrected chi connectivity index (χ3v) is 15.1. The van der Waals surface area contributed by atoms with E-state index in [1.807, 2.05) is 0 Å². The first-order chi connectivity index (χ1) is 26.2. The van der Waals surface area contributed by atoms with Gasteiger partial charge in [-0.15, -0.1) is 0 Å². The van der Waals surface area contributed by atoms with Crippen LogP contribution in [-0.4, -0.2) is 50.3 Å². The number of phenols is 4. The van der Waals surface area contributed by atoms with Gasteiger partial charge in [0.15, 0.2) is 13.2 Å². The van der Waals surface area contributed by atoms with Crippen molar-refractivity contribution in [1.29, 1.82) is 0 Å². The molecule has 2 aromatic rings. The van der Waals surface area contributed by atoms with Crippen LogP contribution in [-0.2, 0) is 30.1 Å². The molecule has 10 nitrogen and oxygen atoms in total. The Hall–Kier alpha value is -3.82. The van der Waals surface area contributed by atoms with Gasteiger partial charge >= 0.3 is 5.09 Å². The zero-order valence-corrected chi connectivity index (χ0v) is 35.0. The molecule has 6 atom stereocenters. The maximum Gasteiger partial charge on any atom is 0.477 e. The second kappa shape index (κ2) is 15.5. The normalized spacial score (nSPS) is 26.3. The highest BCUT2D eigenvalue weighted by Crippen LogP contribution is 2.65. The summed E-state index contributed by atoms with van der Waals surface area (Å²) in [6, 6.07) is 7.03. The number of ketones is 2. The summed E-state index contributed by atoms with van der Waals surface area (Å²) in [4.78, 5) is 48.0. The van der Waals surface area contributed by atoms with Gasteiger partial charge in [-0.25, -0.2) is 0 Å². The van der Waals surface area contributed by atoms with Crippen LogP contribution in [0.25, 0.3) is 0 Å². The summed E-state index contributed by atoms with van der Waals surface area (Å²) < 4.78 is 0. The van der Waals surface area contributed by atoms with E-state index in [-0.39, 0.29) is 110 Å². The number of hydrogen-bond donors (Lipinski definition) is 4. The van der Waals surface area contributed by atoms with Crippen molar-refractivity contribution in [1.82, 2.24) is 0 Å². The van der Waals surface area contributed by atoms with Crippen molar-refractivity contribution in [2.24, 2.45) is 34.5 Å². The molecule has 0 amide bonds. The molecular weight excluding hydrogens is 711 g/mol. The van der Waals surface area contributed by atoms with Crippen molar-refractivity contribution in [2.75, 3.05) is 13.2 Å². The van der Waals surface area contributed by atoms with Crippen LogP contribution in [0.2, 0.25) is 0 Å². The van der Waals surface area contributed by atoms with Crippen LogP contribution in [0.1, 0.15) is 167 Å². The summed E-state index contributed by atoms with van der Waals surface area (Å²) in [5.41, 5.74) is 1.90. The molecule has 6 saturated carbocycles. The second-order valence-corrected chi connectivity index (χ2v) is 20.1. The first-order valence-electron chi connectivity index (χ1n) is 21.1. The van der Waals surface area contributed by atoms with Crippen molar-refractivity contribution < 1.29 is 44.8 Å². The molecule has 0 radical (unpaired) electrons. The Morgan fingerprint density at radius 1 is 0.607 bits per heavy atom. The molecule has 0 heterocycles. The molecule has 308 valence electrons. The smallest absolute Gasteiger partial charge is 0.477 e. The molecule has 6 fully saturated rings. The number of nitrogens with zero attached hydrogens (tertiary/aromatic N) is 1. The molecule has 6 aliphatic rings. The Balaban J connectivity index is 0.858. The van der Waals surface area contributed by atoms with E-state index in [0.29, 0.717) is 36.8 Å². The number of Topliss-reactive ketones (excluding diaryl/α,β-unsaturated/α-hetero) is 2. The van der Waals surface area contributed by atoms with E-state index in [2.05, 4.69) is 55.4 Å². The molecule has 4 bridgehead atoms. The van der Waals surface area contributed by atoms with Crippen LogP contribution in [0.5, 0.6) is 23.0 Å². The average Bonchev–Trinajstić information content (AvgIpc) is 3.09. The molecule has 0 aliphatic heterocycles. The van der Waals surface area contributed by atoms with Gasteiger partial charge in [0.2, 0.25) is 0 Å². The SMILES string of the molecule is CC(C)(CCCCCO[N+](=O)OCCCCCC(C)(C)c1cc(O)c([C@@H]2CC(=O)[C@@H]3C[C@@H]2C3(C)C)c(O)c1)c1cc(O)c([C@@H]2CC(=O)[C@@H]3C[C@@H]2C3(C)C)c(O)c1. The maximum absolute atomic E-state index is 12.7. The first kappa shape index (κ1) is 41.8. The van der Waals surface area contributed by atoms with Crippen LogP contribution in [0.15, 0.2) is 24.3 Å². The summed E-state index contributed by atoms with van der Waals surface area (Å²) in [5.74, 6) is 1.13. The molecule has 0 aromatic heterocycles. The number of fused-ring (bicyclic) bond motifs is 4. The molecule has 0 saturated heterocycles. The average molecular weight is 777 g/mol. The van der Waals surface area contributed by atoms with Crippen molar-refractivity contribution in [2.45, 2.75) is 155 Å². The fraction of sp³-hybridized carbons (Fsp3) is 0.696. The van der Waals surface area contributed by atoms with Gasteiger partial charge in [-0.2, -0.15) is 9.68 Å². The lowest BCUT2D eigenvalue weighted by atomic mass is 9.44. The Bertz CT molecular complexity index is 1650. The van der Waals surface area contributed by atoms with Crippen LogP contribution in [0.3, 0.4) is 0 Å². The summed E-state index contributed by atoms with van der Waals surface area (Å²) >= 11 is 0. The summed E-state index contributed by atoms with van der Waals surface area (Å²) in [7, 11) is 0. The molecule has 2 aromatic carbocycles. The van der Waals surface area contributed by atoms with Gasteiger partial charge in [-0.1, -0.05) is 68.2 Å². The Kier molecular flexibility index (Phi) is 11.6. The lowest BCUT2D eigenvalue weighted by Crippen LogP contribution is -2.56. The molecule has 56 heavy (non-hydrogen) atoms. The van der Waals surface area contributed by atoms with E-state index in [1.54, 1.807) is 24.3 Å². The van der Waals surface area contributed by atoms with E-state index in [4.69, 9.17) is 9.68 Å². The maximum atomic E-state index is 12.7. The van der Waals surface area contributed by atoms with Crippen LogP contribution in [0.4, 0.5) is 0 Å². The minimum Gasteiger partial charge on any atom is -0.508 e. The fourth-order valence-corrected chi connectivity index (χ4v) is 11.1. The number of rotatable bonds is 18. The lowest BCUT2D eigenvalue weighted by molar-refractivity contribution is -0.981. The summed E-state index contributed by atoms with van der Waals surface area (Å²) in [5, 5.41) is 44.5. The van der Waals surface area contributed by atoms with Gasteiger partial charge in [0.1, 0.15) is 39.5 Å². The van der Waals surface area contributed by atoms with Gasteiger partial charge in [0.25, 0.3) is 0 Å². The van der Waals surface area contributed by atoms with Gasteiger partial charge in [0, 0.05) is 47.6 Å². The first-order valence-corrected chi connectivity index (χ1v) is 21.1. The van der Waals surface area contributed by atoms with Crippen LogP contribution >= 0.6 is 0 Å². The Morgan fingerprint density at radius 3 is 1.25 bits per heavy atom. The minimum absolute atomic E-state index is 0.0681. The predicted molar refractivity (Wildman–Crippen MR) is 214 cm³/mol. The number of carbonyl (C=O) groups is 2. The highest BCUT2D eigenvalue weighted by Gasteiger charge is 2.60. The molecular formula is C46H66NO9+. The fourth-order valence-electron chi connectivity index (χ4n) is 11.1. The topological polar surface area (TPSA) is 154 Å². The van der Waals surface area contributed by atoms with Gasteiger partial charge in [0.05, 0.1) is 0 Å². The number of aromatic hydroxyl groups is 4. The third-order valence-electron chi connectivity index (χ3n) is 15.1.